The molecule has 0 saturated heterocycles. The summed E-state index contributed by atoms with van der Waals surface area (Å²) in [5, 5.41) is 11.5. The minimum atomic E-state index is -0.985. The highest BCUT2D eigenvalue weighted by Crippen LogP contribution is 2.28. The molecule has 106 valence electrons. The molecule has 1 aromatic rings. The van der Waals surface area contributed by atoms with Crippen LogP contribution in [0.4, 0.5) is 5.69 Å². The first-order valence-electron chi connectivity index (χ1n) is 6.40. The summed E-state index contributed by atoms with van der Waals surface area (Å²) in [5.74, 6) is -1.15. The van der Waals surface area contributed by atoms with E-state index in [1.807, 2.05) is 0 Å². The third-order valence-corrected chi connectivity index (χ3v) is 3.37. The summed E-state index contributed by atoms with van der Waals surface area (Å²) >= 11 is 0. The van der Waals surface area contributed by atoms with Gasteiger partial charge in [-0.05, 0) is 30.2 Å². The Morgan fingerprint density at radius 3 is 2.75 bits per heavy atom. The molecular formula is C14H16N2O4. The molecule has 6 heteroatoms. The van der Waals surface area contributed by atoms with Gasteiger partial charge in [0, 0.05) is 32.1 Å². The van der Waals surface area contributed by atoms with Crippen molar-refractivity contribution in [3.05, 3.63) is 29.3 Å². The molecule has 1 aromatic carbocycles. The minimum Gasteiger partial charge on any atom is -0.478 e. The minimum absolute atomic E-state index is 0.0375. The number of nitrogens with one attached hydrogen (secondary N) is 1. The number of carboxylic acids is 1. The number of amides is 2. The highest BCUT2D eigenvalue weighted by molar-refractivity contribution is 5.98. The first-order chi connectivity index (χ1) is 9.52. The Balaban J connectivity index is 2.25. The van der Waals surface area contributed by atoms with Crippen LogP contribution in [0.15, 0.2) is 18.2 Å². The summed E-state index contributed by atoms with van der Waals surface area (Å²) in [7, 11) is 1.55. The Morgan fingerprint density at radius 2 is 2.10 bits per heavy atom. The number of anilines is 1. The second kappa shape index (κ2) is 5.73. The maximum atomic E-state index is 12.0. The van der Waals surface area contributed by atoms with Crippen LogP contribution in [-0.2, 0) is 16.0 Å². The van der Waals surface area contributed by atoms with Crippen molar-refractivity contribution in [1.82, 2.24) is 5.32 Å². The van der Waals surface area contributed by atoms with Crippen LogP contribution in [-0.4, -0.2) is 36.5 Å². The van der Waals surface area contributed by atoms with E-state index in [2.05, 4.69) is 5.32 Å². The molecule has 1 heterocycles. The number of carbonyl (C=O) groups excluding carboxylic acids is 2. The molecule has 0 aliphatic carbocycles. The Bertz CT molecular complexity index is 568. The van der Waals surface area contributed by atoms with Gasteiger partial charge in [-0.25, -0.2) is 4.79 Å². The predicted molar refractivity (Wildman–Crippen MR) is 72.8 cm³/mol. The number of benzene rings is 1. The van der Waals surface area contributed by atoms with E-state index in [-0.39, 0.29) is 23.8 Å². The van der Waals surface area contributed by atoms with Crippen molar-refractivity contribution >= 4 is 23.5 Å². The van der Waals surface area contributed by atoms with Gasteiger partial charge in [-0.3, -0.25) is 9.59 Å². The lowest BCUT2D eigenvalue weighted by Crippen LogP contribution is -2.37. The normalized spacial score (nSPS) is 13.8. The van der Waals surface area contributed by atoms with Crippen LogP contribution in [0.25, 0.3) is 0 Å². The first kappa shape index (κ1) is 14.0. The molecular weight excluding hydrogens is 260 g/mol. The molecule has 6 nitrogen and oxygen atoms in total. The first-order valence-corrected chi connectivity index (χ1v) is 6.40. The number of hydrogen-bond donors (Lipinski definition) is 2. The van der Waals surface area contributed by atoms with Gasteiger partial charge in [0.15, 0.2) is 0 Å². The Hall–Kier alpha value is -2.37. The van der Waals surface area contributed by atoms with Gasteiger partial charge in [0.25, 0.3) is 0 Å². The lowest BCUT2D eigenvalue weighted by molar-refractivity contribution is -0.120. The van der Waals surface area contributed by atoms with Gasteiger partial charge in [0.1, 0.15) is 0 Å². The van der Waals surface area contributed by atoms with Crippen LogP contribution in [0.1, 0.15) is 28.8 Å². The van der Waals surface area contributed by atoms with Crippen molar-refractivity contribution in [2.24, 2.45) is 0 Å². The molecule has 0 fully saturated rings. The predicted octanol–water partition coefficient (Wildman–Crippen LogP) is 0.800. The van der Waals surface area contributed by atoms with Crippen LogP contribution in [0.2, 0.25) is 0 Å². The number of hydrogen-bond acceptors (Lipinski definition) is 3. The number of carbonyl (C=O) groups is 3. The third kappa shape index (κ3) is 2.79. The van der Waals surface area contributed by atoms with Gasteiger partial charge in [0.05, 0.1) is 5.56 Å². The number of fused-ring (bicyclic) bond motifs is 1. The number of rotatable bonds is 4. The van der Waals surface area contributed by atoms with E-state index >= 15 is 0 Å². The van der Waals surface area contributed by atoms with Crippen LogP contribution < -0.4 is 10.2 Å². The van der Waals surface area contributed by atoms with Crippen LogP contribution in [0.3, 0.4) is 0 Å². The fraction of sp³-hybridized carbons (Fsp3) is 0.357. The van der Waals surface area contributed by atoms with Gasteiger partial charge in [0.2, 0.25) is 11.8 Å². The summed E-state index contributed by atoms with van der Waals surface area (Å²) in [5.41, 5.74) is 1.75. The summed E-state index contributed by atoms with van der Waals surface area (Å²) in [4.78, 5) is 35.8. The van der Waals surface area contributed by atoms with Crippen molar-refractivity contribution in [2.45, 2.75) is 19.3 Å². The van der Waals surface area contributed by atoms with Crippen molar-refractivity contribution in [3.8, 4) is 0 Å². The maximum Gasteiger partial charge on any atom is 0.335 e. The second-order valence-corrected chi connectivity index (χ2v) is 4.62. The third-order valence-electron chi connectivity index (χ3n) is 3.37. The van der Waals surface area contributed by atoms with Crippen molar-refractivity contribution in [2.75, 3.05) is 18.5 Å². The van der Waals surface area contributed by atoms with E-state index < -0.39 is 5.97 Å². The van der Waals surface area contributed by atoms with E-state index in [0.29, 0.717) is 25.1 Å². The largest absolute Gasteiger partial charge is 0.478 e. The zero-order valence-electron chi connectivity index (χ0n) is 11.2. The van der Waals surface area contributed by atoms with Crippen molar-refractivity contribution < 1.29 is 19.5 Å². The molecule has 1 aliphatic rings. The van der Waals surface area contributed by atoms with Gasteiger partial charge in [-0.1, -0.05) is 0 Å². The highest BCUT2D eigenvalue weighted by atomic mass is 16.4. The maximum absolute atomic E-state index is 12.0. The van der Waals surface area contributed by atoms with E-state index in [0.717, 1.165) is 5.56 Å². The zero-order chi connectivity index (χ0) is 14.7. The number of nitrogens with zero attached hydrogens (tertiary/aromatic N) is 1. The average Bonchev–Trinajstić information content (AvgIpc) is 2.45. The van der Waals surface area contributed by atoms with Gasteiger partial charge >= 0.3 is 5.97 Å². The molecule has 2 amide bonds. The number of aryl methyl sites for hydroxylation is 1. The molecule has 20 heavy (non-hydrogen) atoms. The monoisotopic (exact) mass is 276 g/mol. The van der Waals surface area contributed by atoms with Gasteiger partial charge in [-0.2, -0.15) is 0 Å². The fourth-order valence-corrected chi connectivity index (χ4v) is 2.28. The molecule has 0 spiro atoms. The molecule has 0 bridgehead atoms. The molecule has 0 aromatic heterocycles. The average molecular weight is 276 g/mol. The lowest BCUT2D eigenvalue weighted by Gasteiger charge is -2.29. The van der Waals surface area contributed by atoms with E-state index in [1.165, 1.54) is 6.07 Å². The zero-order valence-corrected chi connectivity index (χ0v) is 11.2. The number of aromatic carboxylic acids is 1. The van der Waals surface area contributed by atoms with Crippen molar-refractivity contribution in [1.29, 1.82) is 0 Å². The molecule has 0 unspecified atom stereocenters. The second-order valence-electron chi connectivity index (χ2n) is 4.62. The van der Waals surface area contributed by atoms with Crippen LogP contribution >= 0.6 is 0 Å². The smallest absolute Gasteiger partial charge is 0.335 e. The van der Waals surface area contributed by atoms with E-state index in [9.17, 15) is 14.4 Å². The molecule has 0 saturated carbocycles. The highest BCUT2D eigenvalue weighted by Gasteiger charge is 2.25. The van der Waals surface area contributed by atoms with Gasteiger partial charge < -0.3 is 15.3 Å². The van der Waals surface area contributed by atoms with Crippen LogP contribution in [0, 0.1) is 0 Å². The van der Waals surface area contributed by atoms with E-state index in [4.69, 9.17) is 5.11 Å². The number of carboxylic acid groups (broad SMARTS) is 1. The molecule has 2 rings (SSSR count). The van der Waals surface area contributed by atoms with Crippen LogP contribution in [0.5, 0.6) is 0 Å². The topological polar surface area (TPSA) is 86.7 Å². The van der Waals surface area contributed by atoms with Gasteiger partial charge in [-0.15, -0.1) is 0 Å². The quantitative estimate of drug-likeness (QED) is 0.851. The van der Waals surface area contributed by atoms with Crippen molar-refractivity contribution in [3.63, 3.8) is 0 Å². The lowest BCUT2D eigenvalue weighted by atomic mass is 9.98. The molecule has 0 radical (unpaired) electrons. The summed E-state index contributed by atoms with van der Waals surface area (Å²) in [6.07, 6.45) is 1.10. The summed E-state index contributed by atoms with van der Waals surface area (Å²) in [6, 6.07) is 4.71. The standard InChI is InChI=1S/C14H16N2O4/c1-15-12(17)6-7-16-11-4-2-10(14(19)20)8-9(11)3-5-13(16)18/h2,4,8H,3,5-7H2,1H3,(H,15,17)(H,19,20). The molecule has 0 atom stereocenters. The summed E-state index contributed by atoms with van der Waals surface area (Å²) < 4.78 is 0. The Labute approximate surface area is 116 Å². The molecule has 1 aliphatic heterocycles. The Morgan fingerprint density at radius 1 is 1.35 bits per heavy atom. The van der Waals surface area contributed by atoms with E-state index in [1.54, 1.807) is 24.1 Å². The fourth-order valence-electron chi connectivity index (χ4n) is 2.28. The SMILES string of the molecule is CNC(=O)CCN1C(=O)CCc2cc(C(=O)O)ccc21. The summed E-state index contributed by atoms with van der Waals surface area (Å²) in [6.45, 7) is 0.303. The Kier molecular flexibility index (Phi) is 4.02. The molecule has 2 N–H and O–H groups in total.